The zero-order chi connectivity index (χ0) is 27.2. The highest BCUT2D eigenvalue weighted by molar-refractivity contribution is 5.98. The van der Waals surface area contributed by atoms with Crippen molar-refractivity contribution in [2.45, 2.75) is 51.8 Å². The number of hydrogen-bond acceptors (Lipinski definition) is 6. The summed E-state index contributed by atoms with van der Waals surface area (Å²) in [4.78, 5) is 42.6. The van der Waals surface area contributed by atoms with Crippen LogP contribution >= 0.6 is 0 Å². The van der Waals surface area contributed by atoms with E-state index in [2.05, 4.69) is 20.9 Å². The molecule has 2 aromatic rings. The molecule has 200 valence electrons. The molecule has 2 atom stereocenters. The highest BCUT2D eigenvalue weighted by Crippen LogP contribution is 2.13. The third kappa shape index (κ3) is 11.3. The maximum atomic E-state index is 13.2. The lowest BCUT2D eigenvalue weighted by Gasteiger charge is -2.24. The zero-order valence-corrected chi connectivity index (χ0v) is 21.3. The van der Waals surface area contributed by atoms with Gasteiger partial charge in [0.15, 0.2) is 5.96 Å². The summed E-state index contributed by atoms with van der Waals surface area (Å²) in [7, 11) is 0. The molecular formula is C26H37N7O4. The molecule has 0 aromatic heterocycles. The summed E-state index contributed by atoms with van der Waals surface area (Å²) in [5, 5.41) is 8.17. The number of nitrogens with zero attached hydrogens (tertiary/aromatic N) is 1. The fraction of sp³-hybridized carbons (Fsp3) is 0.385. The van der Waals surface area contributed by atoms with Gasteiger partial charge in [0.2, 0.25) is 11.8 Å². The van der Waals surface area contributed by atoms with Crippen LogP contribution in [-0.4, -0.2) is 42.5 Å². The molecule has 0 spiro atoms. The summed E-state index contributed by atoms with van der Waals surface area (Å²) >= 11 is 0. The Labute approximate surface area is 217 Å². The van der Waals surface area contributed by atoms with E-state index < -0.39 is 30.0 Å². The lowest BCUT2D eigenvalue weighted by Crippen LogP contribution is -2.53. The molecule has 0 saturated carbocycles. The SMILES string of the molecule is CC(C)C[C@H](NC(=O)OCc1ccccc1)C(=O)N[C@@H](CCCN=C(N)N)C(=O)Nc1ccc(N)cc1. The molecule has 0 aliphatic heterocycles. The zero-order valence-electron chi connectivity index (χ0n) is 21.3. The van der Waals surface area contributed by atoms with Crippen LogP contribution in [0.3, 0.4) is 0 Å². The maximum Gasteiger partial charge on any atom is 0.408 e. The van der Waals surface area contributed by atoms with Crippen LogP contribution in [0.4, 0.5) is 16.2 Å². The lowest BCUT2D eigenvalue weighted by molar-refractivity contribution is -0.128. The van der Waals surface area contributed by atoms with E-state index in [1.165, 1.54) is 0 Å². The van der Waals surface area contributed by atoms with Crippen LogP contribution in [0.1, 0.15) is 38.7 Å². The van der Waals surface area contributed by atoms with Crippen molar-refractivity contribution in [3.05, 3.63) is 60.2 Å². The van der Waals surface area contributed by atoms with E-state index in [9.17, 15) is 14.4 Å². The number of alkyl carbamates (subject to hydrolysis) is 1. The van der Waals surface area contributed by atoms with Crippen molar-refractivity contribution in [3.8, 4) is 0 Å². The van der Waals surface area contributed by atoms with Crippen molar-refractivity contribution in [1.29, 1.82) is 0 Å². The molecule has 9 N–H and O–H groups in total. The van der Waals surface area contributed by atoms with Gasteiger partial charge < -0.3 is 37.9 Å². The molecule has 2 aromatic carbocycles. The van der Waals surface area contributed by atoms with Gasteiger partial charge in [-0.25, -0.2) is 4.79 Å². The van der Waals surface area contributed by atoms with Crippen molar-refractivity contribution in [2.24, 2.45) is 22.4 Å². The van der Waals surface area contributed by atoms with Gasteiger partial charge in [-0.05, 0) is 55.0 Å². The number of rotatable bonds is 13. The Morgan fingerprint density at radius 1 is 0.919 bits per heavy atom. The minimum absolute atomic E-state index is 0.0536. The standard InChI is InChI=1S/C26H37N7O4/c1-17(2)15-22(33-26(36)37-16-18-7-4-3-5-8-18)24(35)32-21(9-6-14-30-25(28)29)23(34)31-20-12-10-19(27)11-13-20/h3-5,7-8,10-13,17,21-22H,6,9,14-16,27H2,1-2H3,(H,31,34)(H,32,35)(H,33,36)(H4,28,29,30)/t21-,22-/m0/s1. The molecular weight excluding hydrogens is 474 g/mol. The van der Waals surface area contributed by atoms with E-state index in [4.69, 9.17) is 21.9 Å². The fourth-order valence-electron chi connectivity index (χ4n) is 3.45. The molecule has 0 aliphatic rings. The highest BCUT2D eigenvalue weighted by atomic mass is 16.5. The van der Waals surface area contributed by atoms with Gasteiger partial charge >= 0.3 is 6.09 Å². The number of aliphatic imine (C=N–C) groups is 1. The van der Waals surface area contributed by atoms with Gasteiger partial charge in [-0.15, -0.1) is 0 Å². The van der Waals surface area contributed by atoms with E-state index in [0.717, 1.165) is 5.56 Å². The second kappa shape index (κ2) is 15.0. The summed E-state index contributed by atoms with van der Waals surface area (Å²) in [5.41, 5.74) is 18.4. The molecule has 0 aliphatic carbocycles. The average Bonchev–Trinajstić information content (AvgIpc) is 2.85. The smallest absolute Gasteiger partial charge is 0.408 e. The molecule has 0 radical (unpaired) electrons. The maximum absolute atomic E-state index is 13.2. The van der Waals surface area contributed by atoms with E-state index in [1.54, 1.807) is 24.3 Å². The van der Waals surface area contributed by atoms with Crippen molar-refractivity contribution >= 4 is 35.2 Å². The van der Waals surface area contributed by atoms with Crippen molar-refractivity contribution < 1.29 is 19.1 Å². The number of hydrogen-bond donors (Lipinski definition) is 6. The first-order chi connectivity index (χ1) is 17.6. The number of guanidine groups is 1. The van der Waals surface area contributed by atoms with Gasteiger partial charge in [-0.1, -0.05) is 44.2 Å². The van der Waals surface area contributed by atoms with Gasteiger partial charge in [0.25, 0.3) is 0 Å². The van der Waals surface area contributed by atoms with Crippen LogP contribution in [0.2, 0.25) is 0 Å². The number of carbonyl (C=O) groups excluding carboxylic acids is 3. The second-order valence-electron chi connectivity index (χ2n) is 9.01. The first-order valence-corrected chi connectivity index (χ1v) is 12.1. The Kier molecular flexibility index (Phi) is 11.7. The molecule has 0 bridgehead atoms. The van der Waals surface area contributed by atoms with Gasteiger partial charge in [-0.2, -0.15) is 0 Å². The monoisotopic (exact) mass is 511 g/mol. The number of amides is 3. The normalized spacial score (nSPS) is 12.2. The van der Waals surface area contributed by atoms with Gasteiger partial charge in [0.05, 0.1) is 0 Å². The molecule has 2 rings (SSSR count). The van der Waals surface area contributed by atoms with E-state index >= 15 is 0 Å². The quantitative estimate of drug-likeness (QED) is 0.103. The number of benzene rings is 2. The topological polar surface area (TPSA) is 187 Å². The molecule has 37 heavy (non-hydrogen) atoms. The number of ether oxygens (including phenoxy) is 1. The summed E-state index contributed by atoms with van der Waals surface area (Å²) in [6.07, 6.45) is 0.350. The van der Waals surface area contributed by atoms with Crippen LogP contribution in [0, 0.1) is 5.92 Å². The van der Waals surface area contributed by atoms with E-state index in [-0.39, 0.29) is 24.9 Å². The lowest BCUT2D eigenvalue weighted by atomic mass is 10.0. The third-order valence-corrected chi connectivity index (χ3v) is 5.28. The number of carbonyl (C=O) groups is 3. The minimum Gasteiger partial charge on any atom is -0.445 e. The van der Waals surface area contributed by atoms with Crippen LogP contribution in [0.15, 0.2) is 59.6 Å². The van der Waals surface area contributed by atoms with Crippen molar-refractivity contribution in [2.75, 3.05) is 17.6 Å². The highest BCUT2D eigenvalue weighted by Gasteiger charge is 2.27. The molecule has 11 nitrogen and oxygen atoms in total. The Bertz CT molecular complexity index is 1040. The van der Waals surface area contributed by atoms with Crippen LogP contribution in [-0.2, 0) is 20.9 Å². The summed E-state index contributed by atoms with van der Waals surface area (Å²) in [6, 6.07) is 14.1. The van der Waals surface area contributed by atoms with Gasteiger partial charge in [0, 0.05) is 17.9 Å². The van der Waals surface area contributed by atoms with Crippen LogP contribution in [0.25, 0.3) is 0 Å². The predicted molar refractivity (Wildman–Crippen MR) is 144 cm³/mol. The van der Waals surface area contributed by atoms with Crippen molar-refractivity contribution in [3.63, 3.8) is 0 Å². The first kappa shape index (κ1) is 29.0. The Balaban J connectivity index is 2.07. The van der Waals surface area contributed by atoms with Crippen LogP contribution in [0.5, 0.6) is 0 Å². The van der Waals surface area contributed by atoms with E-state index in [1.807, 2.05) is 44.2 Å². The first-order valence-electron chi connectivity index (χ1n) is 12.1. The Morgan fingerprint density at radius 2 is 1.59 bits per heavy atom. The van der Waals surface area contributed by atoms with Crippen molar-refractivity contribution in [1.82, 2.24) is 10.6 Å². The second-order valence-corrected chi connectivity index (χ2v) is 9.01. The predicted octanol–water partition coefficient (Wildman–Crippen LogP) is 2.09. The largest absolute Gasteiger partial charge is 0.445 e. The summed E-state index contributed by atoms with van der Waals surface area (Å²) in [6.45, 7) is 4.22. The van der Waals surface area contributed by atoms with E-state index in [0.29, 0.717) is 30.8 Å². The minimum atomic E-state index is -0.896. The molecule has 0 fully saturated rings. The number of nitrogens with one attached hydrogen (secondary N) is 3. The number of nitrogens with two attached hydrogens (primary N) is 3. The third-order valence-electron chi connectivity index (χ3n) is 5.28. The molecule has 0 saturated heterocycles. The van der Waals surface area contributed by atoms with Gasteiger partial charge in [-0.3, -0.25) is 14.6 Å². The average molecular weight is 512 g/mol. The fourth-order valence-corrected chi connectivity index (χ4v) is 3.45. The molecule has 0 unspecified atom stereocenters. The summed E-state index contributed by atoms with van der Waals surface area (Å²) < 4.78 is 5.28. The van der Waals surface area contributed by atoms with Crippen LogP contribution < -0.4 is 33.2 Å². The molecule has 11 heteroatoms. The number of anilines is 2. The Hall–Kier alpha value is -4.28. The Morgan fingerprint density at radius 3 is 2.22 bits per heavy atom. The molecule has 3 amide bonds. The molecule has 0 heterocycles. The number of nitrogen functional groups attached to an aromatic ring is 1. The van der Waals surface area contributed by atoms with Gasteiger partial charge in [0.1, 0.15) is 18.7 Å². The summed E-state index contributed by atoms with van der Waals surface area (Å²) in [5.74, 6) is -0.876.